The number of aryl methyl sites for hydroxylation is 1. The first-order valence-corrected chi connectivity index (χ1v) is 6.17. The first-order chi connectivity index (χ1) is 9.11. The molecule has 2 rings (SSSR count). The molecule has 0 aliphatic carbocycles. The average Bonchev–Trinajstić information content (AvgIpc) is 2.82. The summed E-state index contributed by atoms with van der Waals surface area (Å²) in [6, 6.07) is 4.57. The van der Waals surface area contributed by atoms with Crippen LogP contribution in [0, 0.1) is 5.82 Å². The fourth-order valence-electron chi connectivity index (χ4n) is 1.82. The fraction of sp³-hybridized carbons (Fsp3) is 0.357. The van der Waals surface area contributed by atoms with Crippen LogP contribution in [0.2, 0.25) is 0 Å². The number of imidazole rings is 1. The van der Waals surface area contributed by atoms with Crippen molar-refractivity contribution in [3.8, 4) is 5.75 Å². The summed E-state index contributed by atoms with van der Waals surface area (Å²) in [5, 5.41) is 3.09. The van der Waals surface area contributed by atoms with Crippen molar-refractivity contribution in [3.63, 3.8) is 0 Å². The lowest BCUT2D eigenvalue weighted by Crippen LogP contribution is -2.14. The van der Waals surface area contributed by atoms with E-state index in [0.717, 1.165) is 11.4 Å². The second kappa shape index (κ2) is 5.84. The van der Waals surface area contributed by atoms with Gasteiger partial charge < -0.3 is 14.6 Å². The van der Waals surface area contributed by atoms with E-state index in [1.165, 1.54) is 12.1 Å². The normalized spacial score (nSPS) is 12.4. The summed E-state index contributed by atoms with van der Waals surface area (Å²) in [7, 11) is 3.74. The molecule has 1 aromatic carbocycles. The lowest BCUT2D eigenvalue weighted by atomic mass is 10.1. The predicted octanol–water partition coefficient (Wildman–Crippen LogP) is 2.42. The number of rotatable bonds is 5. The minimum atomic E-state index is -0.263. The van der Waals surface area contributed by atoms with Gasteiger partial charge in [-0.1, -0.05) is 0 Å². The van der Waals surface area contributed by atoms with Crippen molar-refractivity contribution in [2.45, 2.75) is 19.6 Å². The van der Waals surface area contributed by atoms with Crippen LogP contribution in [0.1, 0.15) is 24.4 Å². The van der Waals surface area contributed by atoms with Crippen molar-refractivity contribution in [1.82, 2.24) is 14.9 Å². The minimum absolute atomic E-state index is 0.0204. The van der Waals surface area contributed by atoms with Crippen LogP contribution in [-0.2, 0) is 13.7 Å². The van der Waals surface area contributed by atoms with Gasteiger partial charge in [0.05, 0.1) is 0 Å². The van der Waals surface area contributed by atoms with Gasteiger partial charge in [-0.3, -0.25) is 0 Å². The van der Waals surface area contributed by atoms with Gasteiger partial charge in [-0.15, -0.1) is 0 Å². The molecule has 0 aliphatic rings. The molecule has 102 valence electrons. The molecule has 1 atom stereocenters. The van der Waals surface area contributed by atoms with Crippen LogP contribution in [0.15, 0.2) is 30.6 Å². The van der Waals surface area contributed by atoms with Crippen LogP contribution < -0.4 is 10.1 Å². The van der Waals surface area contributed by atoms with E-state index in [4.69, 9.17) is 4.74 Å². The zero-order valence-electron chi connectivity index (χ0n) is 11.4. The molecule has 0 fully saturated rings. The third-order valence-electron chi connectivity index (χ3n) is 3.15. The molecular weight excluding hydrogens is 245 g/mol. The summed E-state index contributed by atoms with van der Waals surface area (Å²) in [6.45, 7) is 2.32. The molecule has 0 amide bonds. The molecule has 0 aliphatic heterocycles. The second-order valence-corrected chi connectivity index (χ2v) is 4.44. The van der Waals surface area contributed by atoms with Crippen LogP contribution in [-0.4, -0.2) is 16.6 Å². The monoisotopic (exact) mass is 263 g/mol. The Morgan fingerprint density at radius 3 is 2.89 bits per heavy atom. The maximum Gasteiger partial charge on any atom is 0.146 e. The van der Waals surface area contributed by atoms with Crippen molar-refractivity contribution < 1.29 is 9.13 Å². The van der Waals surface area contributed by atoms with E-state index in [1.54, 1.807) is 12.3 Å². The molecule has 0 bridgehead atoms. The molecular formula is C14H18FN3O. The Balaban J connectivity index is 2.18. The zero-order valence-corrected chi connectivity index (χ0v) is 11.4. The highest BCUT2D eigenvalue weighted by atomic mass is 19.1. The van der Waals surface area contributed by atoms with Crippen molar-refractivity contribution in [3.05, 3.63) is 47.8 Å². The Morgan fingerprint density at radius 1 is 1.47 bits per heavy atom. The van der Waals surface area contributed by atoms with Crippen LogP contribution in [0.3, 0.4) is 0 Å². The maximum atomic E-state index is 13.3. The average molecular weight is 263 g/mol. The highest BCUT2D eigenvalue weighted by Crippen LogP contribution is 2.26. The topological polar surface area (TPSA) is 39.1 Å². The third-order valence-corrected chi connectivity index (χ3v) is 3.15. The molecule has 4 nitrogen and oxygen atoms in total. The van der Waals surface area contributed by atoms with Gasteiger partial charge in [0.25, 0.3) is 0 Å². The van der Waals surface area contributed by atoms with Crippen LogP contribution in [0.25, 0.3) is 0 Å². The zero-order chi connectivity index (χ0) is 13.8. The minimum Gasteiger partial charge on any atom is -0.485 e. The Morgan fingerprint density at radius 2 is 2.26 bits per heavy atom. The number of ether oxygens (including phenoxy) is 1. The summed E-state index contributed by atoms with van der Waals surface area (Å²) in [5.74, 6) is 1.24. The number of hydrogen-bond donors (Lipinski definition) is 1. The first-order valence-electron chi connectivity index (χ1n) is 6.17. The summed E-state index contributed by atoms with van der Waals surface area (Å²) < 4.78 is 21.0. The lowest BCUT2D eigenvalue weighted by Gasteiger charge is -2.16. The Kier molecular flexibility index (Phi) is 4.16. The van der Waals surface area contributed by atoms with Gasteiger partial charge in [-0.2, -0.15) is 0 Å². The van der Waals surface area contributed by atoms with Gasteiger partial charge in [-0.05, 0) is 32.2 Å². The van der Waals surface area contributed by atoms with Crippen LogP contribution in [0.4, 0.5) is 4.39 Å². The number of benzene rings is 1. The molecule has 0 radical (unpaired) electrons. The third kappa shape index (κ3) is 3.12. The molecule has 1 N–H and O–H groups in total. The molecule has 0 saturated heterocycles. The van der Waals surface area contributed by atoms with Gasteiger partial charge in [-0.25, -0.2) is 9.37 Å². The van der Waals surface area contributed by atoms with E-state index >= 15 is 0 Å². The summed E-state index contributed by atoms with van der Waals surface area (Å²) in [6.07, 6.45) is 3.58. The summed E-state index contributed by atoms with van der Waals surface area (Å²) in [5.41, 5.74) is 0.803. The number of aromatic nitrogens is 2. The smallest absolute Gasteiger partial charge is 0.146 e. The molecule has 2 aromatic rings. The summed E-state index contributed by atoms with van der Waals surface area (Å²) in [4.78, 5) is 4.19. The molecule has 0 spiro atoms. The van der Waals surface area contributed by atoms with Crippen molar-refractivity contribution in [2.24, 2.45) is 7.05 Å². The van der Waals surface area contributed by atoms with Crippen molar-refractivity contribution in [1.29, 1.82) is 0 Å². The second-order valence-electron chi connectivity index (χ2n) is 4.44. The standard InChI is InChI=1S/C14H18FN3O/c1-10(16-2)12-8-11(15)4-5-13(12)19-9-14-17-6-7-18(14)3/h4-8,10,16H,9H2,1-3H3. The highest BCUT2D eigenvalue weighted by Gasteiger charge is 2.12. The molecule has 1 unspecified atom stereocenters. The molecule has 19 heavy (non-hydrogen) atoms. The van der Waals surface area contributed by atoms with E-state index in [1.807, 2.05) is 31.8 Å². The summed E-state index contributed by atoms with van der Waals surface area (Å²) >= 11 is 0. The number of halogens is 1. The van der Waals surface area contributed by atoms with Gasteiger partial charge in [0, 0.05) is 31.0 Å². The van der Waals surface area contributed by atoms with E-state index in [2.05, 4.69) is 10.3 Å². The van der Waals surface area contributed by atoms with Gasteiger partial charge in [0.15, 0.2) is 0 Å². The molecule has 0 saturated carbocycles. The van der Waals surface area contributed by atoms with Crippen LogP contribution in [0.5, 0.6) is 5.75 Å². The Labute approximate surface area is 112 Å². The fourth-order valence-corrected chi connectivity index (χ4v) is 1.82. The number of hydrogen-bond acceptors (Lipinski definition) is 3. The highest BCUT2D eigenvalue weighted by molar-refractivity contribution is 5.36. The Bertz CT molecular complexity index is 553. The van der Waals surface area contributed by atoms with E-state index in [0.29, 0.717) is 12.4 Å². The van der Waals surface area contributed by atoms with E-state index in [-0.39, 0.29) is 11.9 Å². The van der Waals surface area contributed by atoms with E-state index in [9.17, 15) is 4.39 Å². The quantitative estimate of drug-likeness (QED) is 0.900. The van der Waals surface area contributed by atoms with Crippen molar-refractivity contribution in [2.75, 3.05) is 7.05 Å². The molecule has 1 aromatic heterocycles. The molecule has 1 heterocycles. The van der Waals surface area contributed by atoms with Gasteiger partial charge >= 0.3 is 0 Å². The SMILES string of the molecule is CNC(C)c1cc(F)ccc1OCc1nccn1C. The van der Waals surface area contributed by atoms with Gasteiger partial charge in [0.1, 0.15) is 24.0 Å². The number of nitrogens with one attached hydrogen (secondary N) is 1. The lowest BCUT2D eigenvalue weighted by molar-refractivity contribution is 0.286. The predicted molar refractivity (Wildman–Crippen MR) is 71.4 cm³/mol. The van der Waals surface area contributed by atoms with E-state index < -0.39 is 0 Å². The molecule has 5 heteroatoms. The first kappa shape index (κ1) is 13.5. The largest absolute Gasteiger partial charge is 0.485 e. The maximum absolute atomic E-state index is 13.3. The van der Waals surface area contributed by atoms with Crippen molar-refractivity contribution >= 4 is 0 Å². The Hall–Kier alpha value is -1.88. The number of nitrogens with zero attached hydrogens (tertiary/aromatic N) is 2. The van der Waals surface area contributed by atoms with Crippen LogP contribution >= 0.6 is 0 Å². The van der Waals surface area contributed by atoms with Gasteiger partial charge in [0.2, 0.25) is 0 Å².